The van der Waals surface area contributed by atoms with Gasteiger partial charge in [-0.15, -0.1) is 0 Å². The zero-order chi connectivity index (χ0) is 16.9. The highest BCUT2D eigenvalue weighted by Gasteiger charge is 2.21. The van der Waals surface area contributed by atoms with Crippen LogP contribution >= 0.6 is 0 Å². The first-order chi connectivity index (χ1) is 11.6. The van der Waals surface area contributed by atoms with Crippen LogP contribution in [0.4, 0.5) is 5.95 Å². The molecule has 1 atom stereocenters. The first-order valence-corrected chi connectivity index (χ1v) is 8.08. The van der Waals surface area contributed by atoms with Gasteiger partial charge >= 0.3 is 0 Å². The molecule has 2 aromatic rings. The van der Waals surface area contributed by atoms with E-state index >= 15 is 0 Å². The van der Waals surface area contributed by atoms with Gasteiger partial charge in [0.25, 0.3) is 0 Å². The Hall–Kier alpha value is -2.87. The maximum absolute atomic E-state index is 11.1. The van der Waals surface area contributed by atoms with Gasteiger partial charge in [-0.25, -0.2) is 9.97 Å². The summed E-state index contributed by atoms with van der Waals surface area (Å²) >= 11 is 0. The molecule has 122 valence electrons. The van der Waals surface area contributed by atoms with E-state index in [2.05, 4.69) is 32.4 Å². The highest BCUT2D eigenvalue weighted by atomic mass is 16.1. The number of amides is 1. The topological polar surface area (TPSA) is 66.9 Å². The molecular weight excluding hydrogens is 300 g/mol. The fourth-order valence-electron chi connectivity index (χ4n) is 2.27. The molecule has 1 fully saturated rings. The van der Waals surface area contributed by atoms with Gasteiger partial charge in [0.15, 0.2) is 0 Å². The second-order valence-corrected chi connectivity index (χ2v) is 6.01. The maximum Gasteiger partial charge on any atom is 0.222 e. The number of aromatic nitrogens is 2. The van der Waals surface area contributed by atoms with Gasteiger partial charge in [-0.1, -0.05) is 24.0 Å². The smallest absolute Gasteiger partial charge is 0.222 e. The predicted octanol–water partition coefficient (Wildman–Crippen LogP) is 2.65. The summed E-state index contributed by atoms with van der Waals surface area (Å²) in [5.74, 6) is 6.80. The molecule has 1 aliphatic carbocycles. The van der Waals surface area contributed by atoms with Gasteiger partial charge < -0.3 is 10.6 Å². The van der Waals surface area contributed by atoms with Crippen molar-refractivity contribution in [1.82, 2.24) is 15.3 Å². The molecule has 1 unspecified atom stereocenters. The van der Waals surface area contributed by atoms with Gasteiger partial charge in [0.2, 0.25) is 11.9 Å². The Kier molecular flexibility index (Phi) is 4.76. The fraction of sp³-hybridized carbons (Fsp3) is 0.316. The fourth-order valence-corrected chi connectivity index (χ4v) is 2.27. The predicted molar refractivity (Wildman–Crippen MR) is 93.3 cm³/mol. The van der Waals surface area contributed by atoms with E-state index in [1.54, 1.807) is 12.4 Å². The molecule has 1 heterocycles. The third-order valence-electron chi connectivity index (χ3n) is 3.74. The van der Waals surface area contributed by atoms with Crippen LogP contribution in [0.25, 0.3) is 0 Å². The van der Waals surface area contributed by atoms with E-state index in [1.807, 2.05) is 31.2 Å². The number of hydrogen-bond donors (Lipinski definition) is 2. The summed E-state index contributed by atoms with van der Waals surface area (Å²) in [5, 5.41) is 6.11. The molecule has 1 aromatic heterocycles. The number of carbonyl (C=O) groups is 1. The van der Waals surface area contributed by atoms with Crippen molar-refractivity contribution >= 4 is 11.9 Å². The van der Waals surface area contributed by atoms with E-state index in [0.717, 1.165) is 16.7 Å². The van der Waals surface area contributed by atoms with Crippen LogP contribution in [0.2, 0.25) is 0 Å². The van der Waals surface area contributed by atoms with E-state index in [0.29, 0.717) is 12.0 Å². The average Bonchev–Trinajstić information content (AvgIpc) is 3.38. The third kappa shape index (κ3) is 4.56. The Labute approximate surface area is 141 Å². The van der Waals surface area contributed by atoms with E-state index in [4.69, 9.17) is 0 Å². The lowest BCUT2D eigenvalue weighted by molar-refractivity contribution is -0.119. The van der Waals surface area contributed by atoms with E-state index in [-0.39, 0.29) is 11.9 Å². The van der Waals surface area contributed by atoms with Gasteiger partial charge in [0.1, 0.15) is 0 Å². The molecule has 1 saturated carbocycles. The molecule has 3 rings (SSSR count). The van der Waals surface area contributed by atoms with Crippen molar-refractivity contribution in [2.45, 2.75) is 38.8 Å². The minimum Gasteiger partial charge on any atom is -0.351 e. The van der Waals surface area contributed by atoms with Crippen LogP contribution in [-0.2, 0) is 4.79 Å². The van der Waals surface area contributed by atoms with Crippen molar-refractivity contribution in [2.24, 2.45) is 0 Å². The van der Waals surface area contributed by atoms with Gasteiger partial charge in [-0.2, -0.15) is 0 Å². The van der Waals surface area contributed by atoms with E-state index in [9.17, 15) is 4.79 Å². The van der Waals surface area contributed by atoms with Crippen molar-refractivity contribution < 1.29 is 4.79 Å². The zero-order valence-corrected chi connectivity index (χ0v) is 13.8. The van der Waals surface area contributed by atoms with Gasteiger partial charge in [0, 0.05) is 30.9 Å². The molecule has 1 amide bonds. The number of anilines is 1. The molecule has 0 spiro atoms. The monoisotopic (exact) mass is 320 g/mol. The van der Waals surface area contributed by atoms with Crippen LogP contribution < -0.4 is 10.6 Å². The maximum atomic E-state index is 11.1. The summed E-state index contributed by atoms with van der Waals surface area (Å²) in [5.41, 5.74) is 2.75. The van der Waals surface area contributed by atoms with Crippen LogP contribution in [0.15, 0.2) is 36.7 Å². The SMILES string of the molecule is CC(=O)NC(C)c1ccc(C#Cc2cnc(NC3CC3)nc2)cc1. The molecule has 1 aliphatic rings. The van der Waals surface area contributed by atoms with Crippen molar-refractivity contribution in [1.29, 1.82) is 0 Å². The van der Waals surface area contributed by atoms with Crippen molar-refractivity contribution in [3.05, 3.63) is 53.3 Å². The Balaban J connectivity index is 1.63. The lowest BCUT2D eigenvalue weighted by Crippen LogP contribution is -2.23. The summed E-state index contributed by atoms with van der Waals surface area (Å²) in [6.45, 7) is 3.47. The lowest BCUT2D eigenvalue weighted by Gasteiger charge is -2.12. The quantitative estimate of drug-likeness (QED) is 0.850. The highest BCUT2D eigenvalue weighted by molar-refractivity contribution is 5.73. The number of benzene rings is 1. The highest BCUT2D eigenvalue weighted by Crippen LogP contribution is 2.22. The Morgan fingerprint density at radius 2 is 1.75 bits per heavy atom. The van der Waals surface area contributed by atoms with Crippen LogP contribution in [-0.4, -0.2) is 21.9 Å². The molecule has 5 heteroatoms. The summed E-state index contributed by atoms with van der Waals surface area (Å²) in [7, 11) is 0. The van der Waals surface area contributed by atoms with Gasteiger partial charge in [-0.3, -0.25) is 4.79 Å². The number of rotatable bonds is 4. The Morgan fingerprint density at radius 3 is 2.33 bits per heavy atom. The summed E-state index contributed by atoms with van der Waals surface area (Å²) in [6, 6.07) is 8.38. The van der Waals surface area contributed by atoms with E-state index < -0.39 is 0 Å². The minimum absolute atomic E-state index is 0.00980. The number of nitrogens with one attached hydrogen (secondary N) is 2. The molecule has 24 heavy (non-hydrogen) atoms. The zero-order valence-electron chi connectivity index (χ0n) is 13.8. The standard InChI is InChI=1S/C19H20N4O/c1-13(22-14(2)24)17-7-5-15(6-8-17)3-4-16-11-20-19(21-12-16)23-18-9-10-18/h5-8,11-13,18H,9-10H2,1-2H3,(H,22,24)(H,20,21,23). The molecule has 0 radical (unpaired) electrons. The lowest BCUT2D eigenvalue weighted by atomic mass is 10.1. The molecule has 5 nitrogen and oxygen atoms in total. The first kappa shape index (κ1) is 16.0. The van der Waals surface area contributed by atoms with Crippen LogP contribution in [0.5, 0.6) is 0 Å². The van der Waals surface area contributed by atoms with Crippen molar-refractivity contribution in [3.8, 4) is 11.8 Å². The Bertz CT molecular complexity index is 768. The van der Waals surface area contributed by atoms with Gasteiger partial charge in [-0.05, 0) is 37.5 Å². The van der Waals surface area contributed by atoms with Crippen LogP contribution in [0.3, 0.4) is 0 Å². The second kappa shape index (κ2) is 7.14. The molecular formula is C19H20N4O. The molecule has 0 bridgehead atoms. The largest absolute Gasteiger partial charge is 0.351 e. The minimum atomic E-state index is -0.0361. The summed E-state index contributed by atoms with van der Waals surface area (Å²) < 4.78 is 0. The number of hydrogen-bond acceptors (Lipinski definition) is 4. The normalized spacial score (nSPS) is 14.2. The molecule has 2 N–H and O–H groups in total. The second-order valence-electron chi connectivity index (χ2n) is 6.01. The Morgan fingerprint density at radius 1 is 1.12 bits per heavy atom. The summed E-state index contributed by atoms with van der Waals surface area (Å²) in [4.78, 5) is 19.6. The van der Waals surface area contributed by atoms with Crippen molar-refractivity contribution in [3.63, 3.8) is 0 Å². The molecule has 1 aromatic carbocycles. The average molecular weight is 320 g/mol. The van der Waals surface area contributed by atoms with Crippen molar-refractivity contribution in [2.75, 3.05) is 5.32 Å². The number of carbonyl (C=O) groups excluding carboxylic acids is 1. The van der Waals surface area contributed by atoms with E-state index in [1.165, 1.54) is 19.8 Å². The van der Waals surface area contributed by atoms with Crippen LogP contribution in [0, 0.1) is 11.8 Å². The summed E-state index contributed by atoms with van der Waals surface area (Å²) in [6.07, 6.45) is 5.86. The molecule has 0 saturated heterocycles. The number of nitrogens with zero attached hydrogens (tertiary/aromatic N) is 2. The van der Waals surface area contributed by atoms with Gasteiger partial charge in [0.05, 0.1) is 11.6 Å². The van der Waals surface area contributed by atoms with Crippen LogP contribution in [0.1, 0.15) is 49.4 Å². The molecule has 0 aliphatic heterocycles. The first-order valence-electron chi connectivity index (χ1n) is 8.08. The third-order valence-corrected chi connectivity index (χ3v) is 3.74.